The first-order valence-electron chi connectivity index (χ1n) is 5.72. The number of nitrogens with one attached hydrogen (secondary N) is 1. The molecule has 0 radical (unpaired) electrons. The Balaban J connectivity index is 1.79. The van der Waals surface area contributed by atoms with Crippen molar-refractivity contribution in [1.29, 1.82) is 0 Å². The van der Waals surface area contributed by atoms with Crippen LogP contribution >= 0.6 is 11.6 Å². The molecule has 0 saturated heterocycles. The lowest BCUT2D eigenvalue weighted by Crippen LogP contribution is -2.11. The van der Waals surface area contributed by atoms with Crippen molar-refractivity contribution in [3.63, 3.8) is 0 Å². The van der Waals surface area contributed by atoms with E-state index in [1.54, 1.807) is 18.2 Å². The molecule has 0 bridgehead atoms. The molecule has 0 unspecified atom stereocenters. The van der Waals surface area contributed by atoms with Crippen molar-refractivity contribution >= 4 is 17.3 Å². The summed E-state index contributed by atoms with van der Waals surface area (Å²) in [5.74, 6) is -0.0879. The van der Waals surface area contributed by atoms with Crippen LogP contribution in [0, 0.1) is 11.6 Å². The summed E-state index contributed by atoms with van der Waals surface area (Å²) in [6.45, 7) is 0.891. The van der Waals surface area contributed by atoms with Gasteiger partial charge in [-0.3, -0.25) is 0 Å². The standard InChI is InChI=1S/C14H12ClF2NO/c15-13-9-11(17)3-6-14(13)18-7-8-19-12-4-1-10(16)2-5-12/h1-6,9,18H,7-8H2. The van der Waals surface area contributed by atoms with Crippen molar-refractivity contribution in [2.75, 3.05) is 18.5 Å². The zero-order valence-corrected chi connectivity index (χ0v) is 10.8. The van der Waals surface area contributed by atoms with E-state index < -0.39 is 0 Å². The summed E-state index contributed by atoms with van der Waals surface area (Å²) in [7, 11) is 0. The number of hydrogen-bond acceptors (Lipinski definition) is 2. The first kappa shape index (κ1) is 13.6. The SMILES string of the molecule is Fc1ccc(OCCNc2ccc(F)cc2Cl)cc1. The highest BCUT2D eigenvalue weighted by molar-refractivity contribution is 6.33. The van der Waals surface area contributed by atoms with E-state index in [0.717, 1.165) is 0 Å². The minimum Gasteiger partial charge on any atom is -0.492 e. The molecular weight excluding hydrogens is 272 g/mol. The molecule has 0 saturated carbocycles. The summed E-state index contributed by atoms with van der Waals surface area (Å²) in [5, 5.41) is 3.35. The maximum absolute atomic E-state index is 12.8. The van der Waals surface area contributed by atoms with Gasteiger partial charge in [-0.2, -0.15) is 0 Å². The van der Waals surface area contributed by atoms with Crippen molar-refractivity contribution < 1.29 is 13.5 Å². The summed E-state index contributed by atoms with van der Waals surface area (Å²) >= 11 is 5.86. The Morgan fingerprint density at radius 1 is 1.00 bits per heavy atom. The van der Waals surface area contributed by atoms with E-state index in [0.29, 0.717) is 29.6 Å². The fraction of sp³-hybridized carbons (Fsp3) is 0.143. The maximum Gasteiger partial charge on any atom is 0.124 e. The van der Waals surface area contributed by atoms with Gasteiger partial charge in [-0.15, -0.1) is 0 Å². The molecule has 0 aliphatic rings. The quantitative estimate of drug-likeness (QED) is 0.834. The van der Waals surface area contributed by atoms with Crippen molar-refractivity contribution in [3.05, 3.63) is 59.1 Å². The number of ether oxygens (including phenoxy) is 1. The molecule has 0 aromatic heterocycles. The Morgan fingerprint density at radius 2 is 1.68 bits per heavy atom. The lowest BCUT2D eigenvalue weighted by Gasteiger charge is -2.09. The zero-order chi connectivity index (χ0) is 13.7. The summed E-state index contributed by atoms with van der Waals surface area (Å²) in [6, 6.07) is 9.91. The number of anilines is 1. The molecule has 0 fully saturated rings. The molecule has 0 amide bonds. The van der Waals surface area contributed by atoms with Crippen LogP contribution in [0.3, 0.4) is 0 Å². The van der Waals surface area contributed by atoms with Crippen LogP contribution in [0.15, 0.2) is 42.5 Å². The second-order valence-corrected chi connectivity index (χ2v) is 4.26. The first-order chi connectivity index (χ1) is 9.15. The predicted octanol–water partition coefficient (Wildman–Crippen LogP) is 4.11. The summed E-state index contributed by atoms with van der Waals surface area (Å²) in [4.78, 5) is 0. The largest absolute Gasteiger partial charge is 0.492 e. The van der Waals surface area contributed by atoms with Crippen LogP contribution in [0.5, 0.6) is 5.75 Å². The van der Waals surface area contributed by atoms with Gasteiger partial charge in [0.05, 0.1) is 10.7 Å². The van der Waals surface area contributed by atoms with Gasteiger partial charge < -0.3 is 10.1 Å². The van der Waals surface area contributed by atoms with Gasteiger partial charge >= 0.3 is 0 Å². The normalized spacial score (nSPS) is 10.3. The Bertz CT molecular complexity index is 546. The molecule has 0 aliphatic heterocycles. The van der Waals surface area contributed by atoms with Gasteiger partial charge in [0.1, 0.15) is 24.0 Å². The van der Waals surface area contributed by atoms with Crippen molar-refractivity contribution in [2.45, 2.75) is 0 Å². The molecule has 0 heterocycles. The average molecular weight is 284 g/mol. The van der Waals surface area contributed by atoms with Crippen LogP contribution in [0.4, 0.5) is 14.5 Å². The molecule has 2 aromatic carbocycles. The van der Waals surface area contributed by atoms with Crippen LogP contribution < -0.4 is 10.1 Å². The minimum absolute atomic E-state index is 0.302. The second-order valence-electron chi connectivity index (χ2n) is 3.85. The Morgan fingerprint density at radius 3 is 2.37 bits per heavy atom. The van der Waals surface area contributed by atoms with Crippen molar-refractivity contribution in [2.24, 2.45) is 0 Å². The average Bonchev–Trinajstić information content (AvgIpc) is 2.39. The molecular formula is C14H12ClF2NO. The first-order valence-corrected chi connectivity index (χ1v) is 6.10. The maximum atomic E-state index is 12.8. The van der Waals surface area contributed by atoms with Crippen LogP contribution in [0.1, 0.15) is 0 Å². The number of benzene rings is 2. The molecule has 0 aliphatic carbocycles. The Hall–Kier alpha value is -1.81. The van der Waals surface area contributed by atoms with Gasteiger partial charge in [0.15, 0.2) is 0 Å². The van der Waals surface area contributed by atoms with Crippen LogP contribution in [-0.2, 0) is 0 Å². The Labute approximate surface area is 115 Å². The van der Waals surface area contributed by atoms with Gasteiger partial charge in [0.2, 0.25) is 0 Å². The molecule has 2 aromatic rings. The molecule has 2 nitrogen and oxygen atoms in total. The molecule has 0 atom stereocenters. The third-order valence-electron chi connectivity index (χ3n) is 2.43. The minimum atomic E-state index is -0.377. The molecule has 0 spiro atoms. The molecule has 1 N–H and O–H groups in total. The summed E-state index contributed by atoms with van der Waals surface area (Å²) in [6.07, 6.45) is 0. The monoisotopic (exact) mass is 283 g/mol. The van der Waals surface area contributed by atoms with E-state index in [-0.39, 0.29) is 11.6 Å². The van der Waals surface area contributed by atoms with Gasteiger partial charge in [-0.1, -0.05) is 11.6 Å². The third kappa shape index (κ3) is 4.10. The number of halogens is 3. The molecule has 100 valence electrons. The number of rotatable bonds is 5. The fourth-order valence-corrected chi connectivity index (χ4v) is 1.75. The van der Waals surface area contributed by atoms with Crippen LogP contribution in [0.25, 0.3) is 0 Å². The lowest BCUT2D eigenvalue weighted by atomic mass is 10.3. The summed E-state index contributed by atoms with van der Waals surface area (Å²) in [5.41, 5.74) is 0.644. The molecule has 5 heteroatoms. The predicted molar refractivity (Wildman–Crippen MR) is 71.8 cm³/mol. The second kappa shape index (κ2) is 6.38. The van der Waals surface area contributed by atoms with E-state index in [4.69, 9.17) is 16.3 Å². The van der Waals surface area contributed by atoms with Gasteiger partial charge in [0.25, 0.3) is 0 Å². The molecule has 2 rings (SSSR count). The zero-order valence-electron chi connectivity index (χ0n) is 10.00. The van der Waals surface area contributed by atoms with Gasteiger partial charge in [-0.05, 0) is 42.5 Å². The Kier molecular flexibility index (Phi) is 4.58. The highest BCUT2D eigenvalue weighted by Crippen LogP contribution is 2.22. The topological polar surface area (TPSA) is 21.3 Å². The highest BCUT2D eigenvalue weighted by Gasteiger charge is 2.01. The van der Waals surface area contributed by atoms with E-state index in [1.165, 1.54) is 24.3 Å². The van der Waals surface area contributed by atoms with E-state index in [9.17, 15) is 8.78 Å². The summed E-state index contributed by atoms with van der Waals surface area (Å²) < 4.78 is 30.9. The van der Waals surface area contributed by atoms with E-state index >= 15 is 0 Å². The third-order valence-corrected chi connectivity index (χ3v) is 2.74. The van der Waals surface area contributed by atoms with Crippen LogP contribution in [-0.4, -0.2) is 13.2 Å². The fourth-order valence-electron chi connectivity index (χ4n) is 1.52. The van der Waals surface area contributed by atoms with Crippen LogP contribution in [0.2, 0.25) is 5.02 Å². The lowest BCUT2D eigenvalue weighted by molar-refractivity contribution is 0.332. The van der Waals surface area contributed by atoms with Crippen molar-refractivity contribution in [1.82, 2.24) is 0 Å². The van der Waals surface area contributed by atoms with Crippen molar-refractivity contribution in [3.8, 4) is 5.75 Å². The van der Waals surface area contributed by atoms with E-state index in [1.807, 2.05) is 0 Å². The molecule has 19 heavy (non-hydrogen) atoms. The van der Waals surface area contributed by atoms with Gasteiger partial charge in [-0.25, -0.2) is 8.78 Å². The highest BCUT2D eigenvalue weighted by atomic mass is 35.5. The number of hydrogen-bond donors (Lipinski definition) is 1. The van der Waals surface area contributed by atoms with E-state index in [2.05, 4.69) is 5.32 Å². The van der Waals surface area contributed by atoms with Gasteiger partial charge in [0, 0.05) is 6.54 Å². The smallest absolute Gasteiger partial charge is 0.124 e.